The first kappa shape index (κ1) is 10.8. The summed E-state index contributed by atoms with van der Waals surface area (Å²) in [4.78, 5) is 0. The Balaban J connectivity index is 0.000000853. The maximum atomic E-state index is 6.31. The Hall–Kier alpha value is -0.700. The van der Waals surface area contributed by atoms with Crippen LogP contribution in [0, 0.1) is 0 Å². The van der Waals surface area contributed by atoms with Crippen molar-refractivity contribution in [3.8, 4) is 0 Å². The molecular weight excluding hydrogens is 231 g/mol. The Morgan fingerprint density at radius 2 is 2.07 bits per heavy atom. The number of aromatic nitrogens is 1. The highest BCUT2D eigenvalue weighted by Gasteiger charge is 2.17. The molecule has 0 unspecified atom stereocenters. The molecule has 2 nitrogen and oxygen atoms in total. The molecule has 0 atom stereocenters. The van der Waals surface area contributed by atoms with Gasteiger partial charge in [-0.2, -0.15) is 0 Å². The van der Waals surface area contributed by atoms with Crippen LogP contribution in [-0.4, -0.2) is 11.1 Å². The number of halogens is 2. The van der Waals surface area contributed by atoms with Gasteiger partial charge in [0, 0.05) is 30.5 Å². The Morgan fingerprint density at radius 1 is 1.27 bits per heavy atom. The van der Waals surface area contributed by atoms with Crippen LogP contribution in [0.5, 0.6) is 0 Å². The zero-order valence-electron chi connectivity index (χ0n) is 8.16. The van der Waals surface area contributed by atoms with E-state index >= 15 is 0 Å². The van der Waals surface area contributed by atoms with Crippen molar-refractivity contribution >= 4 is 34.9 Å². The molecule has 0 saturated carbocycles. The highest BCUT2D eigenvalue weighted by molar-refractivity contribution is 6.36. The highest BCUT2D eigenvalue weighted by atomic mass is 35.5. The van der Waals surface area contributed by atoms with Crippen molar-refractivity contribution in [2.75, 3.05) is 6.54 Å². The minimum absolute atomic E-state index is 0. The molecule has 0 bridgehead atoms. The first-order valence-corrected chi connectivity index (χ1v) is 5.22. The van der Waals surface area contributed by atoms with Crippen molar-refractivity contribution in [1.29, 1.82) is 0 Å². The summed E-state index contributed by atoms with van der Waals surface area (Å²) in [5.74, 6) is 0. The SMILES string of the molecule is Cl.Clc1c2n(c3ccccc13)CCNC2. The Kier molecular flexibility index (Phi) is 2.91. The molecule has 0 aliphatic carbocycles. The second-order valence-electron chi connectivity index (χ2n) is 3.61. The summed E-state index contributed by atoms with van der Waals surface area (Å²) in [7, 11) is 0. The lowest BCUT2D eigenvalue weighted by molar-refractivity contribution is 0.527. The van der Waals surface area contributed by atoms with Crippen LogP contribution in [-0.2, 0) is 13.1 Å². The molecule has 0 saturated heterocycles. The number of hydrogen-bond donors (Lipinski definition) is 1. The molecule has 1 aromatic carbocycles. The third kappa shape index (κ3) is 1.53. The van der Waals surface area contributed by atoms with E-state index in [1.54, 1.807) is 0 Å². The Morgan fingerprint density at radius 3 is 2.93 bits per heavy atom. The van der Waals surface area contributed by atoms with E-state index in [-0.39, 0.29) is 12.4 Å². The molecule has 0 fully saturated rings. The van der Waals surface area contributed by atoms with Crippen LogP contribution < -0.4 is 5.32 Å². The van der Waals surface area contributed by atoms with Crippen LogP contribution in [0.25, 0.3) is 10.9 Å². The molecule has 1 aliphatic rings. The summed E-state index contributed by atoms with van der Waals surface area (Å²) in [6, 6.07) is 8.32. The monoisotopic (exact) mass is 242 g/mol. The number of para-hydroxylation sites is 1. The molecule has 2 aromatic rings. The van der Waals surface area contributed by atoms with Crippen molar-refractivity contribution in [3.63, 3.8) is 0 Å². The zero-order valence-corrected chi connectivity index (χ0v) is 9.74. The molecule has 80 valence electrons. The maximum Gasteiger partial charge on any atom is 0.0707 e. The van der Waals surface area contributed by atoms with Gasteiger partial charge in [-0.25, -0.2) is 0 Å². The summed E-state index contributed by atoms with van der Waals surface area (Å²) < 4.78 is 2.31. The lowest BCUT2D eigenvalue weighted by atomic mass is 10.2. The van der Waals surface area contributed by atoms with Crippen LogP contribution in [0.2, 0.25) is 5.02 Å². The van der Waals surface area contributed by atoms with Gasteiger partial charge in [-0.1, -0.05) is 29.8 Å². The Bertz CT molecular complexity index is 491. The fourth-order valence-electron chi connectivity index (χ4n) is 2.14. The lowest BCUT2D eigenvalue weighted by Crippen LogP contribution is -2.27. The molecule has 1 N–H and O–H groups in total. The maximum absolute atomic E-state index is 6.31. The van der Waals surface area contributed by atoms with Crippen LogP contribution in [0.15, 0.2) is 24.3 Å². The van der Waals surface area contributed by atoms with E-state index in [0.29, 0.717) is 0 Å². The number of nitrogens with one attached hydrogen (secondary N) is 1. The standard InChI is InChI=1S/C11H11ClN2.ClH/c12-11-8-3-1-2-4-9(8)14-6-5-13-7-10(11)14;/h1-4,13H,5-7H2;1H. The van der Waals surface area contributed by atoms with Gasteiger partial charge in [0.25, 0.3) is 0 Å². The third-order valence-corrected chi connectivity index (χ3v) is 3.24. The largest absolute Gasteiger partial charge is 0.341 e. The van der Waals surface area contributed by atoms with E-state index in [9.17, 15) is 0 Å². The topological polar surface area (TPSA) is 17.0 Å². The van der Waals surface area contributed by atoms with E-state index in [2.05, 4.69) is 28.1 Å². The number of fused-ring (bicyclic) bond motifs is 3. The second-order valence-corrected chi connectivity index (χ2v) is 3.98. The molecule has 1 aromatic heterocycles. The van der Waals surface area contributed by atoms with Gasteiger partial charge in [0.1, 0.15) is 0 Å². The van der Waals surface area contributed by atoms with Gasteiger partial charge in [0.2, 0.25) is 0 Å². The molecule has 15 heavy (non-hydrogen) atoms. The summed E-state index contributed by atoms with van der Waals surface area (Å²) in [6.07, 6.45) is 0. The van der Waals surface area contributed by atoms with Gasteiger partial charge in [-0.15, -0.1) is 12.4 Å². The predicted octanol–water partition coefficient (Wildman–Crippen LogP) is 2.82. The normalized spacial score (nSPS) is 14.7. The fourth-order valence-corrected chi connectivity index (χ4v) is 2.47. The van der Waals surface area contributed by atoms with E-state index in [4.69, 9.17) is 11.6 Å². The summed E-state index contributed by atoms with van der Waals surface area (Å²) in [5, 5.41) is 5.42. The molecule has 3 rings (SSSR count). The van der Waals surface area contributed by atoms with Gasteiger partial charge < -0.3 is 9.88 Å². The third-order valence-electron chi connectivity index (χ3n) is 2.82. The first-order valence-electron chi connectivity index (χ1n) is 4.84. The van der Waals surface area contributed by atoms with Crippen LogP contribution in [0.3, 0.4) is 0 Å². The minimum atomic E-state index is 0. The average molecular weight is 243 g/mol. The number of nitrogens with zero attached hydrogens (tertiary/aromatic N) is 1. The van der Waals surface area contributed by atoms with Gasteiger partial charge >= 0.3 is 0 Å². The van der Waals surface area contributed by atoms with Crippen molar-refractivity contribution in [2.24, 2.45) is 0 Å². The number of benzene rings is 1. The molecule has 1 aliphatic heterocycles. The van der Waals surface area contributed by atoms with Gasteiger partial charge in [0.05, 0.1) is 10.7 Å². The van der Waals surface area contributed by atoms with Crippen LogP contribution in [0.4, 0.5) is 0 Å². The highest BCUT2D eigenvalue weighted by Crippen LogP contribution is 2.31. The van der Waals surface area contributed by atoms with E-state index in [1.807, 2.05) is 6.07 Å². The van der Waals surface area contributed by atoms with E-state index in [1.165, 1.54) is 16.6 Å². The van der Waals surface area contributed by atoms with Gasteiger partial charge in [-0.05, 0) is 6.07 Å². The number of hydrogen-bond acceptors (Lipinski definition) is 1. The fraction of sp³-hybridized carbons (Fsp3) is 0.273. The smallest absolute Gasteiger partial charge is 0.0707 e. The van der Waals surface area contributed by atoms with E-state index < -0.39 is 0 Å². The predicted molar refractivity (Wildman–Crippen MR) is 65.9 cm³/mol. The first-order chi connectivity index (χ1) is 6.88. The Labute approximate surface area is 99.6 Å². The van der Waals surface area contributed by atoms with Crippen LogP contribution in [0.1, 0.15) is 5.69 Å². The van der Waals surface area contributed by atoms with Gasteiger partial charge in [-0.3, -0.25) is 0 Å². The van der Waals surface area contributed by atoms with Crippen molar-refractivity contribution in [3.05, 3.63) is 35.0 Å². The summed E-state index contributed by atoms with van der Waals surface area (Å²) in [6.45, 7) is 2.93. The van der Waals surface area contributed by atoms with Crippen molar-refractivity contribution < 1.29 is 0 Å². The van der Waals surface area contributed by atoms with Gasteiger partial charge in [0.15, 0.2) is 0 Å². The summed E-state index contributed by atoms with van der Waals surface area (Å²) >= 11 is 6.31. The second kappa shape index (κ2) is 4.05. The zero-order chi connectivity index (χ0) is 9.54. The minimum Gasteiger partial charge on any atom is -0.341 e. The average Bonchev–Trinajstić information content (AvgIpc) is 2.55. The molecule has 4 heteroatoms. The van der Waals surface area contributed by atoms with Crippen LogP contribution >= 0.6 is 24.0 Å². The molecule has 0 spiro atoms. The molecule has 0 radical (unpaired) electrons. The quantitative estimate of drug-likeness (QED) is 0.752. The van der Waals surface area contributed by atoms with Crippen molar-refractivity contribution in [1.82, 2.24) is 9.88 Å². The lowest BCUT2D eigenvalue weighted by Gasteiger charge is -2.17. The molecule has 2 heterocycles. The summed E-state index contributed by atoms with van der Waals surface area (Å²) in [5.41, 5.74) is 2.48. The van der Waals surface area contributed by atoms with E-state index in [0.717, 1.165) is 24.7 Å². The molecular formula is C11H12Cl2N2. The molecule has 0 amide bonds. The van der Waals surface area contributed by atoms with Crippen molar-refractivity contribution in [2.45, 2.75) is 13.1 Å². The number of rotatable bonds is 0.